The summed E-state index contributed by atoms with van der Waals surface area (Å²) in [6.07, 6.45) is 1.11. The molecule has 1 amide bonds. The number of amides is 1. The summed E-state index contributed by atoms with van der Waals surface area (Å²) in [5, 5.41) is 2.90. The molecule has 0 aromatic heterocycles. The number of carbonyl (C=O) groups excluding carboxylic acids is 1. The van der Waals surface area contributed by atoms with Crippen molar-refractivity contribution in [2.45, 2.75) is 40.0 Å². The fourth-order valence-electron chi connectivity index (χ4n) is 2.35. The number of rotatable bonds is 6. The molecule has 0 spiro atoms. The van der Waals surface area contributed by atoms with Crippen molar-refractivity contribution in [2.24, 2.45) is 0 Å². The van der Waals surface area contributed by atoms with Gasteiger partial charge in [-0.3, -0.25) is 4.79 Å². The summed E-state index contributed by atoms with van der Waals surface area (Å²) < 4.78 is 5.57. The number of hydrogen-bond acceptors (Lipinski definition) is 2. The number of hydrogen-bond donors (Lipinski definition) is 1. The second kappa shape index (κ2) is 7.82. The average Bonchev–Trinajstić information content (AvgIpc) is 2.57. The van der Waals surface area contributed by atoms with Gasteiger partial charge >= 0.3 is 0 Å². The Morgan fingerprint density at radius 3 is 2.48 bits per heavy atom. The Hall–Kier alpha value is -2.29. The molecule has 2 aromatic carbocycles. The molecular weight excluding hydrogens is 286 g/mol. The monoisotopic (exact) mass is 311 g/mol. The predicted molar refractivity (Wildman–Crippen MR) is 95.2 cm³/mol. The first-order chi connectivity index (χ1) is 11.0. The number of anilines is 1. The molecule has 1 N–H and O–H groups in total. The lowest BCUT2D eigenvalue weighted by atomic mass is 9.99. The quantitative estimate of drug-likeness (QED) is 0.829. The molecule has 1 atom stereocenters. The van der Waals surface area contributed by atoms with E-state index >= 15 is 0 Å². The van der Waals surface area contributed by atoms with Crippen molar-refractivity contribution in [2.75, 3.05) is 11.9 Å². The minimum absolute atomic E-state index is 0.00998. The van der Waals surface area contributed by atoms with Crippen LogP contribution in [0.15, 0.2) is 42.5 Å². The molecule has 0 saturated carbocycles. The lowest BCUT2D eigenvalue weighted by molar-refractivity contribution is -0.118. The highest BCUT2D eigenvalue weighted by atomic mass is 16.5. The third-order valence-corrected chi connectivity index (χ3v) is 4.31. The third-order valence-electron chi connectivity index (χ3n) is 4.31. The van der Waals surface area contributed by atoms with Crippen LogP contribution in [-0.2, 0) is 4.79 Å². The zero-order chi connectivity index (χ0) is 16.8. The molecule has 2 rings (SSSR count). The average molecular weight is 311 g/mol. The maximum absolute atomic E-state index is 12.0. The molecule has 0 aliphatic rings. The lowest BCUT2D eigenvalue weighted by Crippen LogP contribution is -2.20. The number of benzene rings is 2. The van der Waals surface area contributed by atoms with E-state index < -0.39 is 0 Å². The minimum atomic E-state index is -0.148. The maximum atomic E-state index is 12.0. The zero-order valence-corrected chi connectivity index (χ0v) is 14.3. The molecule has 23 heavy (non-hydrogen) atoms. The van der Waals surface area contributed by atoms with Crippen molar-refractivity contribution in [3.05, 3.63) is 59.2 Å². The van der Waals surface area contributed by atoms with Crippen molar-refractivity contribution in [3.8, 4) is 5.75 Å². The Labute approximate surface area is 138 Å². The van der Waals surface area contributed by atoms with Gasteiger partial charge in [-0.1, -0.05) is 38.1 Å². The fourth-order valence-corrected chi connectivity index (χ4v) is 2.35. The molecular formula is C20H25NO2. The summed E-state index contributed by atoms with van der Waals surface area (Å²) in [6.45, 7) is 8.41. The van der Waals surface area contributed by atoms with Crippen molar-refractivity contribution in [1.29, 1.82) is 0 Å². The van der Waals surface area contributed by atoms with Crippen LogP contribution in [0, 0.1) is 13.8 Å². The van der Waals surface area contributed by atoms with Crippen LogP contribution in [0.4, 0.5) is 5.69 Å². The normalized spacial score (nSPS) is 11.8. The summed E-state index contributed by atoms with van der Waals surface area (Å²) in [5.41, 5.74) is 4.37. The molecule has 0 aliphatic carbocycles. The molecule has 0 heterocycles. The molecule has 3 nitrogen and oxygen atoms in total. The minimum Gasteiger partial charge on any atom is -0.484 e. The van der Waals surface area contributed by atoms with E-state index in [0.29, 0.717) is 11.7 Å². The van der Waals surface area contributed by atoms with E-state index in [4.69, 9.17) is 4.74 Å². The van der Waals surface area contributed by atoms with E-state index in [9.17, 15) is 4.79 Å². The van der Waals surface area contributed by atoms with Crippen LogP contribution < -0.4 is 10.1 Å². The highest BCUT2D eigenvalue weighted by molar-refractivity contribution is 5.92. The van der Waals surface area contributed by atoms with E-state index in [1.165, 1.54) is 5.56 Å². The smallest absolute Gasteiger partial charge is 0.262 e. The SMILES string of the molecule is CCC(C)c1ccc(OCC(=O)Nc2cccc(C)c2C)cc1. The van der Waals surface area contributed by atoms with Crippen LogP contribution >= 0.6 is 0 Å². The first kappa shape index (κ1) is 17.1. The van der Waals surface area contributed by atoms with Gasteiger partial charge in [-0.05, 0) is 61.1 Å². The summed E-state index contributed by atoms with van der Waals surface area (Å²) in [5.74, 6) is 1.11. The van der Waals surface area contributed by atoms with Gasteiger partial charge in [0.1, 0.15) is 5.75 Å². The zero-order valence-electron chi connectivity index (χ0n) is 14.3. The molecule has 0 radical (unpaired) electrons. The first-order valence-corrected chi connectivity index (χ1v) is 8.10. The van der Waals surface area contributed by atoms with Crippen LogP contribution in [0.5, 0.6) is 5.75 Å². The fraction of sp³-hybridized carbons (Fsp3) is 0.350. The number of aryl methyl sites for hydroxylation is 1. The number of ether oxygens (including phenoxy) is 1. The standard InChI is InChI=1S/C20H25NO2/c1-5-14(2)17-9-11-18(12-10-17)23-13-20(22)21-19-8-6-7-15(3)16(19)4/h6-12,14H,5,13H2,1-4H3,(H,21,22). The number of carbonyl (C=O) groups is 1. The van der Waals surface area contributed by atoms with E-state index in [2.05, 4.69) is 31.3 Å². The van der Waals surface area contributed by atoms with Crippen molar-refractivity contribution >= 4 is 11.6 Å². The van der Waals surface area contributed by atoms with Crippen LogP contribution in [0.25, 0.3) is 0 Å². The largest absolute Gasteiger partial charge is 0.484 e. The molecule has 0 fully saturated rings. The second-order valence-electron chi connectivity index (χ2n) is 5.96. The second-order valence-corrected chi connectivity index (χ2v) is 5.96. The molecule has 1 unspecified atom stereocenters. The van der Waals surface area contributed by atoms with E-state index in [1.54, 1.807) is 0 Å². The Morgan fingerprint density at radius 1 is 1.13 bits per heavy atom. The summed E-state index contributed by atoms with van der Waals surface area (Å²) in [4.78, 5) is 12.0. The molecule has 122 valence electrons. The van der Waals surface area contributed by atoms with Crippen LogP contribution in [0.1, 0.15) is 42.9 Å². The Balaban J connectivity index is 1.90. The van der Waals surface area contributed by atoms with Crippen molar-refractivity contribution in [1.82, 2.24) is 0 Å². The van der Waals surface area contributed by atoms with Gasteiger partial charge in [0.2, 0.25) is 0 Å². The van der Waals surface area contributed by atoms with Gasteiger partial charge in [0.15, 0.2) is 6.61 Å². The van der Waals surface area contributed by atoms with Gasteiger partial charge in [0.25, 0.3) is 5.91 Å². The Morgan fingerprint density at radius 2 is 1.83 bits per heavy atom. The highest BCUT2D eigenvalue weighted by Gasteiger charge is 2.07. The molecule has 2 aromatic rings. The molecule has 3 heteroatoms. The van der Waals surface area contributed by atoms with E-state index in [0.717, 1.165) is 23.2 Å². The number of nitrogens with one attached hydrogen (secondary N) is 1. The Bertz CT molecular complexity index is 662. The van der Waals surface area contributed by atoms with Gasteiger partial charge in [0, 0.05) is 5.69 Å². The van der Waals surface area contributed by atoms with Crippen molar-refractivity contribution < 1.29 is 9.53 Å². The summed E-state index contributed by atoms with van der Waals surface area (Å²) >= 11 is 0. The van der Waals surface area contributed by atoms with Crippen LogP contribution in [0.2, 0.25) is 0 Å². The molecule has 0 aliphatic heterocycles. The summed E-state index contributed by atoms with van der Waals surface area (Å²) in [6, 6.07) is 13.8. The molecule has 0 saturated heterocycles. The Kier molecular flexibility index (Phi) is 5.80. The van der Waals surface area contributed by atoms with Gasteiger partial charge in [0.05, 0.1) is 0 Å². The van der Waals surface area contributed by atoms with Crippen LogP contribution in [-0.4, -0.2) is 12.5 Å². The third kappa shape index (κ3) is 4.59. The van der Waals surface area contributed by atoms with Gasteiger partial charge in [-0.2, -0.15) is 0 Å². The predicted octanol–water partition coefficient (Wildman–Crippen LogP) is 4.83. The van der Waals surface area contributed by atoms with Crippen LogP contribution in [0.3, 0.4) is 0 Å². The van der Waals surface area contributed by atoms with E-state index in [-0.39, 0.29) is 12.5 Å². The summed E-state index contributed by atoms with van der Waals surface area (Å²) in [7, 11) is 0. The van der Waals surface area contributed by atoms with E-state index in [1.807, 2.05) is 44.2 Å². The highest BCUT2D eigenvalue weighted by Crippen LogP contribution is 2.22. The van der Waals surface area contributed by atoms with Crippen molar-refractivity contribution in [3.63, 3.8) is 0 Å². The topological polar surface area (TPSA) is 38.3 Å². The molecule has 0 bridgehead atoms. The lowest BCUT2D eigenvalue weighted by Gasteiger charge is -2.12. The van der Waals surface area contributed by atoms with Gasteiger partial charge in [-0.25, -0.2) is 0 Å². The maximum Gasteiger partial charge on any atom is 0.262 e. The first-order valence-electron chi connectivity index (χ1n) is 8.10. The van der Waals surface area contributed by atoms with Gasteiger partial charge in [-0.15, -0.1) is 0 Å². The van der Waals surface area contributed by atoms with Gasteiger partial charge < -0.3 is 10.1 Å².